The van der Waals surface area contributed by atoms with Crippen molar-refractivity contribution >= 4 is 5.91 Å². The highest BCUT2D eigenvalue weighted by molar-refractivity contribution is 5.80. The maximum absolute atomic E-state index is 11.3. The van der Waals surface area contributed by atoms with Gasteiger partial charge in [-0.15, -0.1) is 0 Å². The molecule has 2 atom stereocenters. The first-order valence-electron chi connectivity index (χ1n) is 6.05. The molecule has 0 saturated carbocycles. The number of primary amides is 1. The summed E-state index contributed by atoms with van der Waals surface area (Å²) < 4.78 is 0. The Kier molecular flexibility index (Phi) is 3.59. The van der Waals surface area contributed by atoms with Crippen LogP contribution in [0.15, 0.2) is 0 Å². The molecule has 0 aromatic heterocycles. The average Bonchev–Trinajstić information content (AvgIpc) is 2.55. The largest absolute Gasteiger partial charge is 0.368 e. The number of hydrogen-bond donors (Lipinski definition) is 2. The standard InChI is InChI=1S/C11H21N3O/c12-11(15)10-4-2-8-14(10)9-3-1-6-13-7-5-9/h9-10,13H,1-8H2,(H2,12,15). The third-order valence-electron chi connectivity index (χ3n) is 3.64. The summed E-state index contributed by atoms with van der Waals surface area (Å²) in [7, 11) is 0. The number of likely N-dealkylation sites (tertiary alicyclic amines) is 1. The third kappa shape index (κ3) is 2.49. The Bertz CT molecular complexity index is 224. The van der Waals surface area contributed by atoms with Crippen LogP contribution in [0.25, 0.3) is 0 Å². The fraction of sp³-hybridized carbons (Fsp3) is 0.909. The van der Waals surface area contributed by atoms with Crippen molar-refractivity contribution in [3.05, 3.63) is 0 Å². The molecule has 0 spiro atoms. The lowest BCUT2D eigenvalue weighted by Crippen LogP contribution is -2.46. The summed E-state index contributed by atoms with van der Waals surface area (Å²) >= 11 is 0. The van der Waals surface area contributed by atoms with Crippen molar-refractivity contribution in [2.24, 2.45) is 5.73 Å². The molecular formula is C11H21N3O. The fourth-order valence-corrected chi connectivity index (χ4v) is 2.86. The van der Waals surface area contributed by atoms with E-state index in [-0.39, 0.29) is 11.9 Å². The van der Waals surface area contributed by atoms with E-state index in [1.54, 1.807) is 0 Å². The Hall–Kier alpha value is -0.610. The Morgan fingerprint density at radius 3 is 2.87 bits per heavy atom. The second-order valence-corrected chi connectivity index (χ2v) is 4.63. The van der Waals surface area contributed by atoms with E-state index in [1.165, 1.54) is 12.8 Å². The van der Waals surface area contributed by atoms with E-state index < -0.39 is 0 Å². The molecule has 86 valence electrons. The Labute approximate surface area is 91.2 Å². The van der Waals surface area contributed by atoms with Crippen LogP contribution in [0.1, 0.15) is 32.1 Å². The van der Waals surface area contributed by atoms with Crippen molar-refractivity contribution in [1.82, 2.24) is 10.2 Å². The van der Waals surface area contributed by atoms with Gasteiger partial charge in [-0.05, 0) is 51.7 Å². The molecule has 2 saturated heterocycles. The summed E-state index contributed by atoms with van der Waals surface area (Å²) in [6, 6.07) is 0.577. The normalized spacial score (nSPS) is 33.9. The van der Waals surface area contributed by atoms with Gasteiger partial charge in [-0.2, -0.15) is 0 Å². The summed E-state index contributed by atoms with van der Waals surface area (Å²) in [5.74, 6) is -0.135. The zero-order valence-corrected chi connectivity index (χ0v) is 9.24. The quantitative estimate of drug-likeness (QED) is 0.680. The number of rotatable bonds is 2. The molecule has 0 aromatic carbocycles. The second kappa shape index (κ2) is 4.94. The molecule has 2 rings (SSSR count). The first-order valence-corrected chi connectivity index (χ1v) is 6.05. The molecule has 15 heavy (non-hydrogen) atoms. The number of carbonyl (C=O) groups is 1. The molecule has 1 amide bonds. The highest BCUT2D eigenvalue weighted by atomic mass is 16.1. The van der Waals surface area contributed by atoms with Gasteiger partial charge < -0.3 is 11.1 Å². The van der Waals surface area contributed by atoms with Crippen LogP contribution in [0.3, 0.4) is 0 Å². The number of nitrogens with zero attached hydrogens (tertiary/aromatic N) is 1. The number of nitrogens with one attached hydrogen (secondary N) is 1. The van der Waals surface area contributed by atoms with Crippen LogP contribution >= 0.6 is 0 Å². The molecule has 0 bridgehead atoms. The van der Waals surface area contributed by atoms with E-state index in [9.17, 15) is 4.79 Å². The molecule has 0 aliphatic carbocycles. The van der Waals surface area contributed by atoms with Gasteiger partial charge in [-0.3, -0.25) is 9.69 Å². The summed E-state index contributed by atoms with van der Waals surface area (Å²) in [6.07, 6.45) is 5.66. The molecule has 4 nitrogen and oxygen atoms in total. The van der Waals surface area contributed by atoms with Gasteiger partial charge in [0.25, 0.3) is 0 Å². The predicted molar refractivity (Wildman–Crippen MR) is 59.4 cm³/mol. The van der Waals surface area contributed by atoms with Crippen LogP contribution in [-0.2, 0) is 4.79 Å². The summed E-state index contributed by atoms with van der Waals surface area (Å²) in [4.78, 5) is 13.6. The zero-order chi connectivity index (χ0) is 10.7. The Morgan fingerprint density at radius 2 is 2.07 bits per heavy atom. The van der Waals surface area contributed by atoms with E-state index in [2.05, 4.69) is 10.2 Å². The van der Waals surface area contributed by atoms with Crippen molar-refractivity contribution in [3.63, 3.8) is 0 Å². The molecule has 2 aliphatic rings. The molecule has 2 fully saturated rings. The monoisotopic (exact) mass is 211 g/mol. The van der Waals surface area contributed by atoms with Crippen molar-refractivity contribution < 1.29 is 4.79 Å². The number of carbonyl (C=O) groups excluding carboxylic acids is 1. The van der Waals surface area contributed by atoms with Crippen LogP contribution in [0.4, 0.5) is 0 Å². The van der Waals surface area contributed by atoms with Gasteiger partial charge in [0.15, 0.2) is 0 Å². The summed E-state index contributed by atoms with van der Waals surface area (Å²) in [5, 5.41) is 3.40. The summed E-state index contributed by atoms with van der Waals surface area (Å²) in [6.45, 7) is 3.25. The lowest BCUT2D eigenvalue weighted by atomic mass is 10.1. The van der Waals surface area contributed by atoms with Gasteiger partial charge >= 0.3 is 0 Å². The van der Waals surface area contributed by atoms with E-state index in [0.29, 0.717) is 6.04 Å². The van der Waals surface area contributed by atoms with Crippen LogP contribution in [0.2, 0.25) is 0 Å². The van der Waals surface area contributed by atoms with Gasteiger partial charge in [0.2, 0.25) is 5.91 Å². The number of hydrogen-bond acceptors (Lipinski definition) is 3. The molecular weight excluding hydrogens is 190 g/mol. The molecule has 4 heteroatoms. The third-order valence-corrected chi connectivity index (χ3v) is 3.64. The van der Waals surface area contributed by atoms with Crippen LogP contribution < -0.4 is 11.1 Å². The van der Waals surface area contributed by atoms with Crippen LogP contribution in [-0.4, -0.2) is 42.5 Å². The fourth-order valence-electron chi connectivity index (χ4n) is 2.86. The Morgan fingerprint density at radius 1 is 1.20 bits per heavy atom. The van der Waals surface area contributed by atoms with E-state index in [1.807, 2.05) is 0 Å². The summed E-state index contributed by atoms with van der Waals surface area (Å²) in [5.41, 5.74) is 5.44. The average molecular weight is 211 g/mol. The first-order chi connectivity index (χ1) is 7.29. The molecule has 3 N–H and O–H groups in total. The van der Waals surface area contributed by atoms with E-state index in [4.69, 9.17) is 5.73 Å². The lowest BCUT2D eigenvalue weighted by Gasteiger charge is -2.30. The topological polar surface area (TPSA) is 58.4 Å². The smallest absolute Gasteiger partial charge is 0.234 e. The minimum Gasteiger partial charge on any atom is -0.368 e. The highest BCUT2D eigenvalue weighted by Crippen LogP contribution is 2.24. The first kappa shape index (κ1) is 10.9. The highest BCUT2D eigenvalue weighted by Gasteiger charge is 2.33. The predicted octanol–water partition coefficient (Wildman–Crippen LogP) is 0.0782. The Balaban J connectivity index is 1.97. The van der Waals surface area contributed by atoms with Gasteiger partial charge in [-0.1, -0.05) is 0 Å². The maximum Gasteiger partial charge on any atom is 0.234 e. The van der Waals surface area contributed by atoms with Gasteiger partial charge in [-0.25, -0.2) is 0 Å². The zero-order valence-electron chi connectivity index (χ0n) is 9.24. The second-order valence-electron chi connectivity index (χ2n) is 4.63. The van der Waals surface area contributed by atoms with Gasteiger partial charge in [0.1, 0.15) is 0 Å². The van der Waals surface area contributed by atoms with E-state index in [0.717, 1.165) is 38.9 Å². The van der Waals surface area contributed by atoms with Crippen molar-refractivity contribution in [1.29, 1.82) is 0 Å². The number of amides is 1. The van der Waals surface area contributed by atoms with Crippen molar-refractivity contribution in [3.8, 4) is 0 Å². The van der Waals surface area contributed by atoms with Crippen molar-refractivity contribution in [2.45, 2.75) is 44.2 Å². The lowest BCUT2D eigenvalue weighted by molar-refractivity contribution is -0.123. The maximum atomic E-state index is 11.3. The SMILES string of the molecule is NC(=O)C1CCCN1C1CCCNCC1. The van der Waals surface area contributed by atoms with E-state index >= 15 is 0 Å². The van der Waals surface area contributed by atoms with Crippen LogP contribution in [0, 0.1) is 0 Å². The van der Waals surface area contributed by atoms with Gasteiger partial charge in [0, 0.05) is 6.04 Å². The van der Waals surface area contributed by atoms with Crippen molar-refractivity contribution in [2.75, 3.05) is 19.6 Å². The molecule has 0 aromatic rings. The molecule has 0 radical (unpaired) electrons. The van der Waals surface area contributed by atoms with Gasteiger partial charge in [0.05, 0.1) is 6.04 Å². The minimum absolute atomic E-state index is 0.00750. The molecule has 2 heterocycles. The molecule has 2 aliphatic heterocycles. The molecule has 2 unspecified atom stereocenters. The number of nitrogens with two attached hydrogens (primary N) is 1. The van der Waals surface area contributed by atoms with Crippen LogP contribution in [0.5, 0.6) is 0 Å². The minimum atomic E-state index is -0.135.